The van der Waals surface area contributed by atoms with Gasteiger partial charge >= 0.3 is 6.01 Å². The highest BCUT2D eigenvalue weighted by Crippen LogP contribution is 2.36. The molecular formula is C19H18Br2N6O3. The Morgan fingerprint density at radius 1 is 0.967 bits per heavy atom. The fraction of sp³-hybridized carbons (Fsp3) is 0.263. The summed E-state index contributed by atoms with van der Waals surface area (Å²) >= 11 is 6.70. The van der Waals surface area contributed by atoms with Crippen molar-refractivity contribution in [1.82, 2.24) is 19.9 Å². The quantitative estimate of drug-likeness (QED) is 0.206. The van der Waals surface area contributed by atoms with Gasteiger partial charge in [-0.05, 0) is 40.0 Å². The molecule has 9 nitrogen and oxygen atoms in total. The summed E-state index contributed by atoms with van der Waals surface area (Å²) in [5.41, 5.74) is 1.38. The SMILES string of the molecule is CCCN(N=O)c1ncnc(OCCOc2ncc(Br)cn2)c1-c1ccc(Br)cc1. The first-order valence-electron chi connectivity index (χ1n) is 9.07. The van der Waals surface area contributed by atoms with Crippen molar-refractivity contribution < 1.29 is 9.47 Å². The van der Waals surface area contributed by atoms with Crippen molar-refractivity contribution in [2.75, 3.05) is 24.8 Å². The molecule has 0 atom stereocenters. The van der Waals surface area contributed by atoms with Crippen LogP contribution in [0, 0.1) is 4.91 Å². The maximum absolute atomic E-state index is 11.4. The highest BCUT2D eigenvalue weighted by molar-refractivity contribution is 9.10. The number of aromatic nitrogens is 4. The molecule has 0 saturated heterocycles. The average molecular weight is 538 g/mol. The lowest BCUT2D eigenvalue weighted by Gasteiger charge is -2.19. The van der Waals surface area contributed by atoms with Gasteiger partial charge in [-0.3, -0.25) is 0 Å². The zero-order chi connectivity index (χ0) is 21.3. The van der Waals surface area contributed by atoms with E-state index in [1.165, 1.54) is 11.3 Å². The largest absolute Gasteiger partial charge is 0.473 e. The van der Waals surface area contributed by atoms with E-state index in [-0.39, 0.29) is 19.2 Å². The third kappa shape index (κ3) is 5.70. The standard InChI is InChI=1S/C19H18Br2N6O3/c1-2-7-27(26-28)17-16(13-3-5-14(20)6-4-13)18(25-12-24-17)29-8-9-30-19-22-10-15(21)11-23-19/h3-6,10-12H,2,7-9H2,1H3. The summed E-state index contributed by atoms with van der Waals surface area (Å²) in [5, 5.41) is 4.42. The summed E-state index contributed by atoms with van der Waals surface area (Å²) < 4.78 is 13.0. The Kier molecular flexibility index (Phi) is 8.03. The van der Waals surface area contributed by atoms with Gasteiger partial charge in [-0.1, -0.05) is 35.0 Å². The number of hydrogen-bond donors (Lipinski definition) is 0. The monoisotopic (exact) mass is 536 g/mol. The molecule has 2 heterocycles. The van der Waals surface area contributed by atoms with E-state index in [0.717, 1.165) is 20.9 Å². The highest BCUT2D eigenvalue weighted by atomic mass is 79.9. The molecule has 0 N–H and O–H groups in total. The summed E-state index contributed by atoms with van der Waals surface area (Å²) in [6.07, 6.45) is 5.27. The van der Waals surface area contributed by atoms with Crippen LogP contribution in [0.3, 0.4) is 0 Å². The molecule has 0 bridgehead atoms. The molecule has 156 valence electrons. The molecule has 2 aromatic heterocycles. The Hall–Kier alpha value is -2.66. The zero-order valence-corrected chi connectivity index (χ0v) is 19.2. The number of nitroso groups, excluding NO2 is 1. The van der Waals surface area contributed by atoms with Gasteiger partial charge in [0.2, 0.25) is 5.88 Å². The van der Waals surface area contributed by atoms with Crippen LogP contribution in [0.5, 0.6) is 11.9 Å². The zero-order valence-electron chi connectivity index (χ0n) is 16.0. The van der Waals surface area contributed by atoms with Gasteiger partial charge < -0.3 is 9.47 Å². The molecular weight excluding hydrogens is 520 g/mol. The minimum absolute atomic E-state index is 0.196. The molecule has 3 rings (SSSR count). The second-order valence-corrected chi connectivity index (χ2v) is 7.80. The lowest BCUT2D eigenvalue weighted by atomic mass is 10.1. The Labute approximate surface area is 190 Å². The summed E-state index contributed by atoms with van der Waals surface area (Å²) in [6, 6.07) is 7.81. The van der Waals surface area contributed by atoms with Gasteiger partial charge in [0.1, 0.15) is 19.5 Å². The fourth-order valence-corrected chi connectivity index (χ4v) is 3.05. The molecule has 0 radical (unpaired) electrons. The normalized spacial score (nSPS) is 10.5. The Morgan fingerprint density at radius 3 is 2.33 bits per heavy atom. The van der Waals surface area contributed by atoms with E-state index < -0.39 is 0 Å². The van der Waals surface area contributed by atoms with Crippen LogP contribution in [0.4, 0.5) is 5.82 Å². The average Bonchev–Trinajstić information content (AvgIpc) is 2.77. The maximum atomic E-state index is 11.4. The van der Waals surface area contributed by atoms with Gasteiger partial charge in [-0.25, -0.2) is 24.9 Å². The summed E-state index contributed by atoms with van der Waals surface area (Å²) in [6.45, 7) is 2.79. The van der Waals surface area contributed by atoms with Crippen LogP contribution in [0.15, 0.2) is 57.2 Å². The Morgan fingerprint density at radius 2 is 1.67 bits per heavy atom. The van der Waals surface area contributed by atoms with Crippen LogP contribution in [0.2, 0.25) is 0 Å². The van der Waals surface area contributed by atoms with E-state index in [9.17, 15) is 4.91 Å². The van der Waals surface area contributed by atoms with Crippen molar-refractivity contribution in [3.8, 4) is 23.0 Å². The Balaban J connectivity index is 1.82. The number of hydrogen-bond acceptors (Lipinski definition) is 8. The van der Waals surface area contributed by atoms with Gasteiger partial charge in [0.15, 0.2) is 5.82 Å². The first-order valence-corrected chi connectivity index (χ1v) is 10.7. The van der Waals surface area contributed by atoms with Crippen LogP contribution in [-0.2, 0) is 0 Å². The van der Waals surface area contributed by atoms with Gasteiger partial charge in [-0.15, -0.1) is 4.91 Å². The van der Waals surface area contributed by atoms with Crippen LogP contribution in [0.25, 0.3) is 11.1 Å². The van der Waals surface area contributed by atoms with Crippen LogP contribution >= 0.6 is 31.9 Å². The van der Waals surface area contributed by atoms with Gasteiger partial charge in [0.05, 0.1) is 15.3 Å². The van der Waals surface area contributed by atoms with Gasteiger partial charge in [0.25, 0.3) is 0 Å². The van der Waals surface area contributed by atoms with E-state index in [0.29, 0.717) is 23.8 Å². The molecule has 0 unspecified atom stereocenters. The lowest BCUT2D eigenvalue weighted by Crippen LogP contribution is -2.19. The van der Waals surface area contributed by atoms with Crippen molar-refractivity contribution in [3.05, 3.63) is 56.8 Å². The van der Waals surface area contributed by atoms with Crippen LogP contribution in [-0.4, -0.2) is 39.7 Å². The number of benzene rings is 1. The predicted molar refractivity (Wildman–Crippen MR) is 119 cm³/mol. The summed E-state index contributed by atoms with van der Waals surface area (Å²) in [5.74, 6) is 0.712. The first-order chi connectivity index (χ1) is 14.6. The van der Waals surface area contributed by atoms with E-state index in [1.807, 2.05) is 31.2 Å². The van der Waals surface area contributed by atoms with E-state index in [2.05, 4.69) is 57.1 Å². The molecule has 0 amide bonds. The minimum atomic E-state index is 0.196. The minimum Gasteiger partial charge on any atom is -0.473 e. The second-order valence-electron chi connectivity index (χ2n) is 5.97. The number of anilines is 1. The van der Waals surface area contributed by atoms with Crippen molar-refractivity contribution in [1.29, 1.82) is 0 Å². The predicted octanol–water partition coefficient (Wildman–Crippen LogP) is 4.81. The molecule has 3 aromatic rings. The first kappa shape index (κ1) is 22.0. The molecule has 1 aromatic carbocycles. The topological polar surface area (TPSA) is 103 Å². The van der Waals surface area contributed by atoms with Crippen LogP contribution < -0.4 is 14.5 Å². The lowest BCUT2D eigenvalue weighted by molar-refractivity contribution is 0.202. The van der Waals surface area contributed by atoms with Crippen molar-refractivity contribution >= 4 is 37.7 Å². The second kappa shape index (κ2) is 10.9. The van der Waals surface area contributed by atoms with E-state index in [4.69, 9.17) is 9.47 Å². The van der Waals surface area contributed by atoms with Gasteiger partial charge in [-0.2, -0.15) is 0 Å². The number of rotatable bonds is 10. The highest BCUT2D eigenvalue weighted by Gasteiger charge is 2.20. The number of nitrogens with zero attached hydrogens (tertiary/aromatic N) is 6. The van der Waals surface area contributed by atoms with Crippen molar-refractivity contribution in [3.63, 3.8) is 0 Å². The molecule has 0 saturated carbocycles. The third-order valence-electron chi connectivity index (χ3n) is 3.85. The smallest absolute Gasteiger partial charge is 0.316 e. The van der Waals surface area contributed by atoms with Gasteiger partial charge in [0, 0.05) is 23.4 Å². The molecule has 0 fully saturated rings. The van der Waals surface area contributed by atoms with E-state index >= 15 is 0 Å². The Bertz CT molecular complexity index is 973. The fourth-order valence-electron chi connectivity index (χ4n) is 2.58. The third-order valence-corrected chi connectivity index (χ3v) is 4.79. The number of halogens is 2. The maximum Gasteiger partial charge on any atom is 0.316 e. The number of ether oxygens (including phenoxy) is 2. The van der Waals surface area contributed by atoms with Crippen molar-refractivity contribution in [2.24, 2.45) is 5.29 Å². The molecule has 0 aliphatic rings. The summed E-state index contributed by atoms with van der Waals surface area (Å²) in [7, 11) is 0. The molecule has 0 aliphatic heterocycles. The molecule has 11 heteroatoms. The van der Waals surface area contributed by atoms with E-state index in [1.54, 1.807) is 12.4 Å². The summed E-state index contributed by atoms with van der Waals surface area (Å²) in [4.78, 5) is 28.1. The molecule has 30 heavy (non-hydrogen) atoms. The van der Waals surface area contributed by atoms with Crippen molar-refractivity contribution in [2.45, 2.75) is 13.3 Å². The molecule has 0 spiro atoms. The van der Waals surface area contributed by atoms with Crippen LogP contribution in [0.1, 0.15) is 13.3 Å². The molecule has 0 aliphatic carbocycles.